The van der Waals surface area contributed by atoms with Gasteiger partial charge in [0.2, 0.25) is 0 Å². The number of aliphatic hydroxyl groups excluding tert-OH is 2. The van der Waals surface area contributed by atoms with Crippen LogP contribution in [-0.2, 0) is 0 Å². The Morgan fingerprint density at radius 1 is 1.20 bits per heavy atom. The molecule has 20 heavy (non-hydrogen) atoms. The Morgan fingerprint density at radius 3 is 2.25 bits per heavy atom. The molecule has 1 aromatic heterocycles. The van der Waals surface area contributed by atoms with Crippen LogP contribution in [-0.4, -0.2) is 46.0 Å². The molecule has 2 rings (SSSR count). The van der Waals surface area contributed by atoms with E-state index in [-0.39, 0.29) is 13.2 Å². The van der Waals surface area contributed by atoms with Gasteiger partial charge in [-0.05, 0) is 26.2 Å². The van der Waals surface area contributed by atoms with Crippen LogP contribution >= 0.6 is 0 Å². The zero-order valence-electron chi connectivity index (χ0n) is 12.4. The quantitative estimate of drug-likeness (QED) is 0.601. The maximum Gasteiger partial charge on any atom is 0.136 e. The Morgan fingerprint density at radius 2 is 1.80 bits per heavy atom. The second kappa shape index (κ2) is 5.93. The zero-order chi connectivity index (χ0) is 14.8. The van der Waals surface area contributed by atoms with Gasteiger partial charge in [0.25, 0.3) is 0 Å². The Balaban J connectivity index is 2.36. The fourth-order valence-corrected chi connectivity index (χ4v) is 2.12. The maximum absolute atomic E-state index is 9.56. The van der Waals surface area contributed by atoms with Crippen molar-refractivity contribution in [2.75, 3.05) is 30.9 Å². The lowest BCUT2D eigenvalue weighted by molar-refractivity contribution is 0.132. The van der Waals surface area contributed by atoms with Crippen LogP contribution in [0.2, 0.25) is 0 Å². The molecule has 0 aliphatic heterocycles. The Kier molecular flexibility index (Phi) is 4.45. The SMILES string of the molecule is CCC(CO)(CO)Nc1nc(C2CC2)nc(NC)c1C. The van der Waals surface area contributed by atoms with Crippen LogP contribution in [0.5, 0.6) is 0 Å². The fourth-order valence-electron chi connectivity index (χ4n) is 2.12. The Labute approximate surface area is 119 Å². The van der Waals surface area contributed by atoms with Gasteiger partial charge in [-0.3, -0.25) is 0 Å². The number of aliphatic hydroxyl groups is 2. The number of nitrogens with zero attached hydrogens (tertiary/aromatic N) is 2. The monoisotopic (exact) mass is 280 g/mol. The van der Waals surface area contributed by atoms with Gasteiger partial charge in [-0.1, -0.05) is 6.92 Å². The second-order valence-electron chi connectivity index (χ2n) is 5.50. The van der Waals surface area contributed by atoms with Gasteiger partial charge in [0, 0.05) is 18.5 Å². The van der Waals surface area contributed by atoms with Crippen molar-refractivity contribution in [1.82, 2.24) is 9.97 Å². The van der Waals surface area contributed by atoms with Crippen molar-refractivity contribution in [3.05, 3.63) is 11.4 Å². The predicted octanol–water partition coefficient (Wildman–Crippen LogP) is 1.25. The summed E-state index contributed by atoms with van der Waals surface area (Å²) in [6, 6.07) is 0. The summed E-state index contributed by atoms with van der Waals surface area (Å²) in [7, 11) is 1.83. The minimum Gasteiger partial charge on any atom is -0.394 e. The molecular formula is C14H24N4O2. The van der Waals surface area contributed by atoms with Crippen LogP contribution in [0, 0.1) is 6.92 Å². The molecule has 1 heterocycles. The van der Waals surface area contributed by atoms with Crippen molar-refractivity contribution in [3.8, 4) is 0 Å². The predicted molar refractivity (Wildman–Crippen MR) is 79.1 cm³/mol. The molecular weight excluding hydrogens is 256 g/mol. The van der Waals surface area contributed by atoms with Gasteiger partial charge in [-0.25, -0.2) is 9.97 Å². The third-order valence-electron chi connectivity index (χ3n) is 4.01. The van der Waals surface area contributed by atoms with Crippen LogP contribution in [0.4, 0.5) is 11.6 Å². The van der Waals surface area contributed by atoms with E-state index in [1.807, 2.05) is 20.9 Å². The normalized spacial score (nSPS) is 15.2. The molecule has 6 nitrogen and oxygen atoms in total. The Hall–Kier alpha value is -1.40. The molecule has 6 heteroatoms. The third-order valence-corrected chi connectivity index (χ3v) is 4.01. The molecule has 0 amide bonds. The van der Waals surface area contributed by atoms with E-state index in [4.69, 9.17) is 0 Å². The van der Waals surface area contributed by atoms with E-state index in [1.165, 1.54) is 0 Å². The van der Waals surface area contributed by atoms with E-state index in [0.29, 0.717) is 18.2 Å². The minimum absolute atomic E-state index is 0.142. The van der Waals surface area contributed by atoms with E-state index in [1.54, 1.807) is 0 Å². The van der Waals surface area contributed by atoms with Gasteiger partial charge in [0.15, 0.2) is 0 Å². The molecule has 0 bridgehead atoms. The summed E-state index contributed by atoms with van der Waals surface area (Å²) in [5, 5.41) is 25.4. The molecule has 0 saturated heterocycles. The first kappa shape index (κ1) is 15.0. The third kappa shape index (κ3) is 2.86. The molecule has 1 aliphatic rings. The van der Waals surface area contributed by atoms with Crippen molar-refractivity contribution < 1.29 is 10.2 Å². The van der Waals surface area contributed by atoms with Crippen LogP contribution < -0.4 is 10.6 Å². The molecule has 1 fully saturated rings. The van der Waals surface area contributed by atoms with Gasteiger partial charge in [-0.15, -0.1) is 0 Å². The van der Waals surface area contributed by atoms with Crippen molar-refractivity contribution in [3.63, 3.8) is 0 Å². The zero-order valence-corrected chi connectivity index (χ0v) is 12.4. The molecule has 1 aromatic rings. The van der Waals surface area contributed by atoms with Gasteiger partial charge >= 0.3 is 0 Å². The molecule has 4 N–H and O–H groups in total. The lowest BCUT2D eigenvalue weighted by Gasteiger charge is -2.31. The lowest BCUT2D eigenvalue weighted by Crippen LogP contribution is -2.45. The van der Waals surface area contributed by atoms with E-state index in [9.17, 15) is 10.2 Å². The molecule has 1 aliphatic carbocycles. The molecule has 0 radical (unpaired) electrons. The van der Waals surface area contributed by atoms with Gasteiger partial charge in [0.1, 0.15) is 17.5 Å². The van der Waals surface area contributed by atoms with Gasteiger partial charge in [-0.2, -0.15) is 0 Å². The van der Waals surface area contributed by atoms with E-state index >= 15 is 0 Å². The van der Waals surface area contributed by atoms with E-state index in [2.05, 4.69) is 20.6 Å². The largest absolute Gasteiger partial charge is 0.394 e. The highest BCUT2D eigenvalue weighted by Crippen LogP contribution is 2.39. The summed E-state index contributed by atoms with van der Waals surface area (Å²) in [6.45, 7) is 3.57. The summed E-state index contributed by atoms with van der Waals surface area (Å²) in [5.41, 5.74) is 0.155. The standard InChI is InChI=1S/C14H24N4O2/c1-4-14(7-19,8-20)18-12-9(2)11(15-3)16-13(17-12)10-5-6-10/h10,19-20H,4-8H2,1-3H3,(H2,15,16,17,18). The lowest BCUT2D eigenvalue weighted by atomic mass is 9.98. The van der Waals surface area contributed by atoms with Crippen molar-refractivity contribution >= 4 is 11.6 Å². The first-order chi connectivity index (χ1) is 9.59. The number of nitrogens with one attached hydrogen (secondary N) is 2. The highest BCUT2D eigenvalue weighted by atomic mass is 16.3. The molecule has 0 unspecified atom stereocenters. The van der Waals surface area contributed by atoms with Gasteiger partial charge < -0.3 is 20.8 Å². The summed E-state index contributed by atoms with van der Waals surface area (Å²) in [4.78, 5) is 9.12. The summed E-state index contributed by atoms with van der Waals surface area (Å²) < 4.78 is 0. The summed E-state index contributed by atoms with van der Waals surface area (Å²) >= 11 is 0. The molecule has 112 valence electrons. The van der Waals surface area contributed by atoms with Crippen LogP contribution in [0.1, 0.15) is 43.5 Å². The first-order valence-electron chi connectivity index (χ1n) is 7.15. The van der Waals surface area contributed by atoms with Crippen molar-refractivity contribution in [1.29, 1.82) is 0 Å². The highest BCUT2D eigenvalue weighted by Gasteiger charge is 2.31. The van der Waals surface area contributed by atoms with Gasteiger partial charge in [0.05, 0.1) is 18.8 Å². The second-order valence-corrected chi connectivity index (χ2v) is 5.50. The minimum atomic E-state index is -0.745. The maximum atomic E-state index is 9.56. The molecule has 0 aromatic carbocycles. The fraction of sp³-hybridized carbons (Fsp3) is 0.714. The molecule has 0 spiro atoms. The summed E-state index contributed by atoms with van der Waals surface area (Å²) in [6.07, 6.45) is 2.87. The topological polar surface area (TPSA) is 90.3 Å². The van der Waals surface area contributed by atoms with E-state index in [0.717, 1.165) is 30.0 Å². The van der Waals surface area contributed by atoms with Crippen molar-refractivity contribution in [2.24, 2.45) is 0 Å². The molecule has 1 saturated carbocycles. The smallest absolute Gasteiger partial charge is 0.136 e. The Bertz CT molecular complexity index is 462. The van der Waals surface area contributed by atoms with Crippen molar-refractivity contribution in [2.45, 2.75) is 44.6 Å². The molecule has 0 atom stereocenters. The average Bonchev–Trinajstić information content (AvgIpc) is 3.31. The number of aromatic nitrogens is 2. The number of hydrogen-bond acceptors (Lipinski definition) is 6. The number of anilines is 2. The van der Waals surface area contributed by atoms with E-state index < -0.39 is 5.54 Å². The number of hydrogen-bond donors (Lipinski definition) is 4. The highest BCUT2D eigenvalue weighted by molar-refractivity contribution is 5.58. The number of rotatable bonds is 7. The van der Waals surface area contributed by atoms with Crippen LogP contribution in [0.15, 0.2) is 0 Å². The van der Waals surface area contributed by atoms with Crippen LogP contribution in [0.3, 0.4) is 0 Å². The average molecular weight is 280 g/mol. The first-order valence-corrected chi connectivity index (χ1v) is 7.15. The van der Waals surface area contributed by atoms with Crippen LogP contribution in [0.25, 0.3) is 0 Å². The summed E-state index contributed by atoms with van der Waals surface area (Å²) in [5.74, 6) is 2.77.